The molecule has 0 aromatic carbocycles. The third-order valence-electron chi connectivity index (χ3n) is 2.05. The lowest BCUT2D eigenvalue weighted by Gasteiger charge is -2.08. The molecule has 1 aliphatic rings. The van der Waals surface area contributed by atoms with Crippen LogP contribution in [0.15, 0.2) is 21.8 Å². The van der Waals surface area contributed by atoms with Crippen molar-refractivity contribution in [2.75, 3.05) is 0 Å². The van der Waals surface area contributed by atoms with Gasteiger partial charge in [0.1, 0.15) is 0 Å². The number of allylic oxidation sites excluding steroid dienone is 1. The van der Waals surface area contributed by atoms with Crippen LogP contribution < -0.4 is 0 Å². The van der Waals surface area contributed by atoms with Crippen molar-refractivity contribution >= 4 is 12.4 Å². The van der Waals surface area contributed by atoms with E-state index in [1.807, 2.05) is 18.6 Å². The maximum absolute atomic E-state index is 4.47. The van der Waals surface area contributed by atoms with Gasteiger partial charge in [0.15, 0.2) is 0 Å². The number of nitrogens with zero attached hydrogens (tertiary/aromatic N) is 2. The third-order valence-corrected chi connectivity index (χ3v) is 2.05. The van der Waals surface area contributed by atoms with Crippen molar-refractivity contribution in [1.29, 1.82) is 0 Å². The molecule has 0 radical (unpaired) electrons. The van der Waals surface area contributed by atoms with Crippen LogP contribution in [-0.2, 0) is 0 Å². The van der Waals surface area contributed by atoms with E-state index in [1.54, 1.807) is 0 Å². The van der Waals surface area contributed by atoms with E-state index in [0.717, 1.165) is 12.8 Å². The molecular weight excluding hydrogens is 160 g/mol. The molecule has 13 heavy (non-hydrogen) atoms. The number of rotatable bonds is 3. The summed E-state index contributed by atoms with van der Waals surface area (Å²) in [6.07, 6.45) is 7.91. The molecule has 1 heterocycles. The Bertz CT molecular complexity index is 236. The van der Waals surface area contributed by atoms with Gasteiger partial charge in [-0.2, -0.15) is 0 Å². The predicted octanol–water partition coefficient (Wildman–Crippen LogP) is 2.85. The van der Waals surface area contributed by atoms with Gasteiger partial charge in [-0.3, -0.25) is 9.98 Å². The van der Waals surface area contributed by atoms with Crippen molar-refractivity contribution < 1.29 is 0 Å². The van der Waals surface area contributed by atoms with E-state index in [-0.39, 0.29) is 6.04 Å². The Morgan fingerprint density at radius 2 is 2.23 bits per heavy atom. The standard InChI is InChI=1S/C11H18N2/c1-4-10-6-12-8-11(13-7-10)5-9(2)3/h6-9,11H,4-5H2,1-3H3. The maximum Gasteiger partial charge on any atom is 0.0852 e. The highest BCUT2D eigenvalue weighted by Gasteiger charge is 2.06. The van der Waals surface area contributed by atoms with Crippen LogP contribution in [-0.4, -0.2) is 18.5 Å². The Labute approximate surface area is 80.5 Å². The minimum absolute atomic E-state index is 0.278. The minimum Gasteiger partial charge on any atom is -0.284 e. The zero-order valence-electron chi connectivity index (χ0n) is 8.70. The molecule has 0 saturated heterocycles. The van der Waals surface area contributed by atoms with Crippen LogP contribution in [0, 0.1) is 5.92 Å². The fourth-order valence-electron chi connectivity index (χ4n) is 1.29. The van der Waals surface area contributed by atoms with Gasteiger partial charge in [0.2, 0.25) is 0 Å². The van der Waals surface area contributed by atoms with E-state index >= 15 is 0 Å². The third kappa shape index (κ3) is 3.53. The SMILES string of the molecule is CCC1=CN=CC(CC(C)C)N=C1. The molecule has 0 aromatic rings. The second kappa shape index (κ2) is 4.95. The lowest BCUT2D eigenvalue weighted by atomic mass is 10.1. The lowest BCUT2D eigenvalue weighted by molar-refractivity contribution is 0.566. The van der Waals surface area contributed by atoms with Gasteiger partial charge >= 0.3 is 0 Å². The van der Waals surface area contributed by atoms with Gasteiger partial charge in [0, 0.05) is 18.6 Å². The fraction of sp³-hybridized carbons (Fsp3) is 0.636. The lowest BCUT2D eigenvalue weighted by Crippen LogP contribution is -2.09. The molecule has 72 valence electrons. The summed E-state index contributed by atoms with van der Waals surface area (Å²) >= 11 is 0. The largest absolute Gasteiger partial charge is 0.284 e. The molecule has 0 amide bonds. The summed E-state index contributed by atoms with van der Waals surface area (Å²) in [6.45, 7) is 6.54. The molecule has 1 atom stereocenters. The van der Waals surface area contributed by atoms with Crippen LogP contribution in [0.1, 0.15) is 33.6 Å². The van der Waals surface area contributed by atoms with Crippen molar-refractivity contribution in [3.05, 3.63) is 11.8 Å². The number of hydrogen-bond donors (Lipinski definition) is 0. The van der Waals surface area contributed by atoms with Gasteiger partial charge in [-0.1, -0.05) is 20.8 Å². The predicted molar refractivity (Wildman–Crippen MR) is 58.6 cm³/mol. The van der Waals surface area contributed by atoms with E-state index < -0.39 is 0 Å². The monoisotopic (exact) mass is 178 g/mol. The Balaban J connectivity index is 2.56. The highest BCUT2D eigenvalue weighted by atomic mass is 14.8. The summed E-state index contributed by atoms with van der Waals surface area (Å²) in [6, 6.07) is 0.278. The van der Waals surface area contributed by atoms with E-state index in [0.29, 0.717) is 5.92 Å². The van der Waals surface area contributed by atoms with Gasteiger partial charge in [0.05, 0.1) is 6.04 Å². The highest BCUT2D eigenvalue weighted by Crippen LogP contribution is 2.09. The number of aliphatic imine (C=N–C) groups is 2. The molecule has 0 bridgehead atoms. The van der Waals surface area contributed by atoms with Crippen LogP contribution in [0.3, 0.4) is 0 Å². The molecular formula is C11H18N2. The van der Waals surface area contributed by atoms with Gasteiger partial charge in [-0.05, 0) is 24.3 Å². The zero-order valence-corrected chi connectivity index (χ0v) is 8.70. The average molecular weight is 178 g/mol. The Morgan fingerprint density at radius 3 is 2.85 bits per heavy atom. The van der Waals surface area contributed by atoms with Gasteiger partial charge in [-0.15, -0.1) is 0 Å². The van der Waals surface area contributed by atoms with E-state index in [2.05, 4.69) is 30.8 Å². The smallest absolute Gasteiger partial charge is 0.0852 e. The quantitative estimate of drug-likeness (QED) is 0.635. The summed E-state index contributed by atoms with van der Waals surface area (Å²) in [4.78, 5) is 8.72. The number of hydrogen-bond acceptors (Lipinski definition) is 2. The molecule has 0 aromatic heterocycles. The molecule has 1 unspecified atom stereocenters. The topological polar surface area (TPSA) is 24.7 Å². The first-order valence-electron chi connectivity index (χ1n) is 4.98. The Kier molecular flexibility index (Phi) is 3.87. The minimum atomic E-state index is 0.278. The van der Waals surface area contributed by atoms with Crippen molar-refractivity contribution in [1.82, 2.24) is 0 Å². The Morgan fingerprint density at radius 1 is 1.46 bits per heavy atom. The van der Waals surface area contributed by atoms with E-state index in [1.165, 1.54) is 5.57 Å². The van der Waals surface area contributed by atoms with Crippen LogP contribution >= 0.6 is 0 Å². The van der Waals surface area contributed by atoms with Gasteiger partial charge in [-0.25, -0.2) is 0 Å². The second-order valence-electron chi connectivity index (χ2n) is 3.83. The van der Waals surface area contributed by atoms with Crippen molar-refractivity contribution in [2.45, 2.75) is 39.7 Å². The molecule has 1 rings (SSSR count). The zero-order chi connectivity index (χ0) is 9.68. The molecule has 2 nitrogen and oxygen atoms in total. The molecule has 0 spiro atoms. The second-order valence-corrected chi connectivity index (χ2v) is 3.83. The van der Waals surface area contributed by atoms with E-state index in [4.69, 9.17) is 0 Å². The van der Waals surface area contributed by atoms with Crippen molar-refractivity contribution in [3.63, 3.8) is 0 Å². The summed E-state index contributed by atoms with van der Waals surface area (Å²) in [7, 11) is 0. The summed E-state index contributed by atoms with van der Waals surface area (Å²) in [5, 5.41) is 0. The maximum atomic E-state index is 4.47. The first kappa shape index (κ1) is 10.2. The van der Waals surface area contributed by atoms with Crippen LogP contribution in [0.2, 0.25) is 0 Å². The van der Waals surface area contributed by atoms with Crippen molar-refractivity contribution in [3.8, 4) is 0 Å². The summed E-state index contributed by atoms with van der Waals surface area (Å²) in [5.74, 6) is 0.678. The van der Waals surface area contributed by atoms with Crippen molar-refractivity contribution in [2.24, 2.45) is 15.9 Å². The Hall–Kier alpha value is -0.920. The first-order chi connectivity index (χ1) is 6.22. The molecule has 0 fully saturated rings. The van der Waals surface area contributed by atoms with E-state index in [9.17, 15) is 0 Å². The fourth-order valence-corrected chi connectivity index (χ4v) is 1.29. The first-order valence-corrected chi connectivity index (χ1v) is 4.98. The normalized spacial score (nSPS) is 21.8. The summed E-state index contributed by atoms with van der Waals surface area (Å²) < 4.78 is 0. The molecule has 0 N–H and O–H groups in total. The van der Waals surface area contributed by atoms with Crippen LogP contribution in [0.25, 0.3) is 0 Å². The van der Waals surface area contributed by atoms with Gasteiger partial charge < -0.3 is 0 Å². The van der Waals surface area contributed by atoms with Crippen LogP contribution in [0.5, 0.6) is 0 Å². The summed E-state index contributed by atoms with van der Waals surface area (Å²) in [5.41, 5.74) is 1.21. The molecule has 1 aliphatic heterocycles. The molecule has 2 heteroatoms. The van der Waals surface area contributed by atoms with Gasteiger partial charge in [0.25, 0.3) is 0 Å². The highest BCUT2D eigenvalue weighted by molar-refractivity contribution is 5.82. The molecule has 0 saturated carbocycles. The average Bonchev–Trinajstić information content (AvgIpc) is 2.29. The molecule has 0 aliphatic carbocycles. The van der Waals surface area contributed by atoms with Crippen LogP contribution in [0.4, 0.5) is 0 Å².